The highest BCUT2D eigenvalue weighted by Gasteiger charge is 2.10. The van der Waals surface area contributed by atoms with Gasteiger partial charge < -0.3 is 10.3 Å². The van der Waals surface area contributed by atoms with Gasteiger partial charge in [0.25, 0.3) is 0 Å². The van der Waals surface area contributed by atoms with Crippen LogP contribution >= 0.6 is 0 Å². The molecule has 0 spiro atoms. The standard InChI is InChI=1S/C13H17N3/c1-8-5-6-11(10(3)9(8)2)12-7-15-13(14)16(12)4/h5-7H,1-4H3,(H2,14,15). The van der Waals surface area contributed by atoms with E-state index < -0.39 is 0 Å². The lowest BCUT2D eigenvalue weighted by molar-refractivity contribution is 0.936. The molecule has 2 aromatic rings. The van der Waals surface area contributed by atoms with Gasteiger partial charge in [0, 0.05) is 12.6 Å². The van der Waals surface area contributed by atoms with Crippen molar-refractivity contribution < 1.29 is 0 Å². The van der Waals surface area contributed by atoms with E-state index in [1.165, 1.54) is 22.3 Å². The van der Waals surface area contributed by atoms with Crippen LogP contribution in [0, 0.1) is 20.8 Å². The summed E-state index contributed by atoms with van der Waals surface area (Å²) in [4.78, 5) is 4.13. The van der Waals surface area contributed by atoms with Gasteiger partial charge in [0.2, 0.25) is 0 Å². The predicted octanol–water partition coefficient (Wildman–Crippen LogP) is 2.59. The number of nitrogens with two attached hydrogens (primary N) is 1. The van der Waals surface area contributed by atoms with Crippen LogP contribution in [0.3, 0.4) is 0 Å². The average molecular weight is 215 g/mol. The second kappa shape index (κ2) is 3.67. The van der Waals surface area contributed by atoms with Gasteiger partial charge in [-0.3, -0.25) is 0 Å². The number of aromatic nitrogens is 2. The van der Waals surface area contributed by atoms with Crippen molar-refractivity contribution in [1.82, 2.24) is 9.55 Å². The zero-order valence-corrected chi connectivity index (χ0v) is 10.2. The normalized spacial score (nSPS) is 10.8. The minimum atomic E-state index is 0.549. The first-order valence-corrected chi connectivity index (χ1v) is 5.36. The highest BCUT2D eigenvalue weighted by atomic mass is 15.1. The van der Waals surface area contributed by atoms with Gasteiger partial charge in [-0.25, -0.2) is 4.98 Å². The molecular weight excluding hydrogens is 198 g/mol. The second-order valence-corrected chi connectivity index (χ2v) is 4.24. The molecule has 0 aliphatic rings. The second-order valence-electron chi connectivity index (χ2n) is 4.24. The third-order valence-electron chi connectivity index (χ3n) is 3.36. The van der Waals surface area contributed by atoms with E-state index in [0.717, 1.165) is 5.69 Å². The number of imidazole rings is 1. The van der Waals surface area contributed by atoms with Crippen molar-refractivity contribution >= 4 is 5.95 Å². The lowest BCUT2D eigenvalue weighted by Gasteiger charge is -2.11. The van der Waals surface area contributed by atoms with E-state index in [9.17, 15) is 0 Å². The maximum absolute atomic E-state index is 5.75. The molecule has 0 bridgehead atoms. The molecule has 2 rings (SSSR count). The summed E-state index contributed by atoms with van der Waals surface area (Å²) in [5, 5.41) is 0. The molecule has 0 saturated carbocycles. The summed E-state index contributed by atoms with van der Waals surface area (Å²) in [5.41, 5.74) is 12.0. The van der Waals surface area contributed by atoms with E-state index >= 15 is 0 Å². The van der Waals surface area contributed by atoms with E-state index in [4.69, 9.17) is 5.73 Å². The number of nitrogens with zero attached hydrogens (tertiary/aromatic N) is 2. The number of aryl methyl sites for hydroxylation is 1. The third kappa shape index (κ3) is 1.48. The molecule has 16 heavy (non-hydrogen) atoms. The van der Waals surface area contributed by atoms with Crippen LogP contribution in [0.25, 0.3) is 11.3 Å². The monoisotopic (exact) mass is 215 g/mol. The minimum absolute atomic E-state index is 0.549. The molecule has 1 aromatic carbocycles. The Kier molecular flexibility index (Phi) is 2.46. The van der Waals surface area contributed by atoms with Gasteiger partial charge in [0.1, 0.15) is 0 Å². The summed E-state index contributed by atoms with van der Waals surface area (Å²) in [5.74, 6) is 0.549. The Morgan fingerprint density at radius 1 is 1.12 bits per heavy atom. The summed E-state index contributed by atoms with van der Waals surface area (Å²) >= 11 is 0. The van der Waals surface area contributed by atoms with E-state index in [-0.39, 0.29) is 0 Å². The lowest BCUT2D eigenvalue weighted by atomic mass is 9.97. The Hall–Kier alpha value is -1.77. The van der Waals surface area contributed by atoms with Crippen molar-refractivity contribution in [3.05, 3.63) is 35.0 Å². The van der Waals surface area contributed by atoms with Gasteiger partial charge in [0.15, 0.2) is 5.95 Å². The zero-order chi connectivity index (χ0) is 11.9. The fourth-order valence-corrected chi connectivity index (χ4v) is 1.91. The maximum Gasteiger partial charge on any atom is 0.200 e. The SMILES string of the molecule is Cc1ccc(-c2cnc(N)n2C)c(C)c1C. The molecule has 2 N–H and O–H groups in total. The quantitative estimate of drug-likeness (QED) is 0.794. The molecule has 0 aliphatic carbocycles. The van der Waals surface area contributed by atoms with Crippen LogP contribution in [0.1, 0.15) is 16.7 Å². The van der Waals surface area contributed by atoms with Gasteiger partial charge in [0.05, 0.1) is 11.9 Å². The summed E-state index contributed by atoms with van der Waals surface area (Å²) in [6.07, 6.45) is 1.83. The Morgan fingerprint density at radius 3 is 2.38 bits per heavy atom. The highest BCUT2D eigenvalue weighted by Crippen LogP contribution is 2.27. The number of hydrogen-bond acceptors (Lipinski definition) is 2. The molecule has 84 valence electrons. The summed E-state index contributed by atoms with van der Waals surface area (Å²) in [6, 6.07) is 4.27. The topological polar surface area (TPSA) is 43.8 Å². The van der Waals surface area contributed by atoms with Crippen molar-refractivity contribution in [2.75, 3.05) is 5.73 Å². The predicted molar refractivity (Wildman–Crippen MR) is 67.3 cm³/mol. The maximum atomic E-state index is 5.75. The highest BCUT2D eigenvalue weighted by molar-refractivity contribution is 5.67. The van der Waals surface area contributed by atoms with Crippen molar-refractivity contribution in [3.8, 4) is 11.3 Å². The van der Waals surface area contributed by atoms with Crippen molar-refractivity contribution in [1.29, 1.82) is 0 Å². The van der Waals surface area contributed by atoms with Crippen molar-refractivity contribution in [3.63, 3.8) is 0 Å². The van der Waals surface area contributed by atoms with E-state index in [1.54, 1.807) is 0 Å². The number of hydrogen-bond donors (Lipinski definition) is 1. The molecule has 0 radical (unpaired) electrons. The lowest BCUT2D eigenvalue weighted by Crippen LogP contribution is -2.00. The largest absolute Gasteiger partial charge is 0.369 e. The van der Waals surface area contributed by atoms with Crippen molar-refractivity contribution in [2.24, 2.45) is 7.05 Å². The Morgan fingerprint density at radius 2 is 1.81 bits per heavy atom. The number of anilines is 1. The molecule has 0 fully saturated rings. The van der Waals surface area contributed by atoms with E-state index in [0.29, 0.717) is 5.95 Å². The van der Waals surface area contributed by atoms with E-state index in [1.807, 2.05) is 17.8 Å². The molecule has 0 aliphatic heterocycles. The van der Waals surface area contributed by atoms with Gasteiger partial charge in [-0.05, 0) is 37.5 Å². The van der Waals surface area contributed by atoms with E-state index in [2.05, 4.69) is 37.9 Å². The summed E-state index contributed by atoms with van der Waals surface area (Å²) < 4.78 is 1.91. The summed E-state index contributed by atoms with van der Waals surface area (Å²) in [6.45, 7) is 6.42. The molecule has 0 unspecified atom stereocenters. The first-order valence-electron chi connectivity index (χ1n) is 5.36. The molecule has 3 nitrogen and oxygen atoms in total. The molecule has 1 aromatic heterocycles. The van der Waals surface area contributed by atoms with Crippen molar-refractivity contribution in [2.45, 2.75) is 20.8 Å². The fraction of sp³-hybridized carbons (Fsp3) is 0.308. The summed E-state index contributed by atoms with van der Waals surface area (Å²) in [7, 11) is 1.94. The molecule has 0 atom stereocenters. The first-order chi connectivity index (χ1) is 7.52. The molecule has 1 heterocycles. The third-order valence-corrected chi connectivity index (χ3v) is 3.36. The molecular formula is C13H17N3. The molecule has 0 saturated heterocycles. The van der Waals surface area contributed by atoms with Crippen LogP contribution in [0.15, 0.2) is 18.3 Å². The van der Waals surface area contributed by atoms with Crippen LogP contribution in [0.4, 0.5) is 5.95 Å². The first kappa shape index (κ1) is 10.7. The number of benzene rings is 1. The molecule has 0 amide bonds. The average Bonchev–Trinajstić information content (AvgIpc) is 2.58. The van der Waals surface area contributed by atoms with Crippen LogP contribution in [0.5, 0.6) is 0 Å². The number of nitrogen functional groups attached to an aromatic ring is 1. The van der Waals surface area contributed by atoms with Gasteiger partial charge in [-0.15, -0.1) is 0 Å². The Labute approximate surface area is 95.9 Å². The van der Waals surface area contributed by atoms with Gasteiger partial charge >= 0.3 is 0 Å². The Bertz CT molecular complexity index is 538. The smallest absolute Gasteiger partial charge is 0.200 e. The zero-order valence-electron chi connectivity index (χ0n) is 10.2. The van der Waals surface area contributed by atoms with Gasteiger partial charge in [-0.1, -0.05) is 12.1 Å². The molecule has 3 heteroatoms. The van der Waals surface area contributed by atoms with Crippen LogP contribution in [0.2, 0.25) is 0 Å². The van der Waals surface area contributed by atoms with Gasteiger partial charge in [-0.2, -0.15) is 0 Å². The van der Waals surface area contributed by atoms with Crippen LogP contribution < -0.4 is 5.73 Å². The van der Waals surface area contributed by atoms with Crippen LogP contribution in [-0.4, -0.2) is 9.55 Å². The fourth-order valence-electron chi connectivity index (χ4n) is 1.91. The Balaban J connectivity index is 2.66. The van der Waals surface area contributed by atoms with Crippen LogP contribution in [-0.2, 0) is 7.05 Å². The number of rotatable bonds is 1. The minimum Gasteiger partial charge on any atom is -0.369 e.